The Labute approximate surface area is 167 Å². The molecule has 0 aromatic heterocycles. The second kappa shape index (κ2) is 10.2. The predicted molar refractivity (Wildman–Crippen MR) is 111 cm³/mol. The van der Waals surface area contributed by atoms with Crippen LogP contribution in [-0.2, 0) is 10.0 Å². The molecule has 0 atom stereocenters. The van der Waals surface area contributed by atoms with Crippen LogP contribution in [0.1, 0.15) is 44.0 Å². The molecule has 1 N–H and O–H groups in total. The summed E-state index contributed by atoms with van der Waals surface area (Å²) in [5, 5.41) is 2.80. The van der Waals surface area contributed by atoms with E-state index < -0.39 is 10.0 Å². The van der Waals surface area contributed by atoms with Gasteiger partial charge in [-0.1, -0.05) is 32.0 Å². The second-order valence-electron chi connectivity index (χ2n) is 6.32. The van der Waals surface area contributed by atoms with E-state index >= 15 is 0 Å². The van der Waals surface area contributed by atoms with Gasteiger partial charge in [0.15, 0.2) is 0 Å². The Morgan fingerprint density at radius 1 is 1.00 bits per heavy atom. The first-order valence-electron chi connectivity index (χ1n) is 9.57. The van der Waals surface area contributed by atoms with Crippen LogP contribution in [0.25, 0.3) is 0 Å². The molecule has 0 fully saturated rings. The third kappa shape index (κ3) is 5.33. The fourth-order valence-corrected chi connectivity index (χ4v) is 4.51. The van der Waals surface area contributed by atoms with Crippen molar-refractivity contribution in [3.05, 3.63) is 54.1 Å². The van der Waals surface area contributed by atoms with Crippen LogP contribution in [0.4, 0.5) is 5.69 Å². The van der Waals surface area contributed by atoms with Crippen molar-refractivity contribution >= 4 is 21.6 Å². The number of carbonyl (C=O) groups is 1. The highest BCUT2D eigenvalue weighted by Gasteiger charge is 2.24. The van der Waals surface area contributed by atoms with E-state index in [1.165, 1.54) is 16.4 Å². The largest absolute Gasteiger partial charge is 0.492 e. The van der Waals surface area contributed by atoms with Gasteiger partial charge in [0.25, 0.3) is 5.91 Å². The smallest absolute Gasteiger partial charge is 0.255 e. The fraction of sp³-hybridized carbons (Fsp3) is 0.381. The standard InChI is InChI=1S/C21H28N2O4S/c1-4-14-23(15-5-2)28(25,26)18-11-9-10-17(16-18)21(24)22-19-12-7-8-13-20(19)27-6-3/h7-13,16H,4-6,14-15H2,1-3H3,(H,22,24). The van der Waals surface area contributed by atoms with Crippen LogP contribution >= 0.6 is 0 Å². The first-order chi connectivity index (χ1) is 13.4. The summed E-state index contributed by atoms with van der Waals surface area (Å²) in [6.07, 6.45) is 1.46. The van der Waals surface area contributed by atoms with E-state index in [-0.39, 0.29) is 16.4 Å². The van der Waals surface area contributed by atoms with Gasteiger partial charge in [0, 0.05) is 18.7 Å². The molecule has 7 heteroatoms. The van der Waals surface area contributed by atoms with Gasteiger partial charge in [-0.2, -0.15) is 4.31 Å². The third-order valence-corrected chi connectivity index (χ3v) is 6.01. The van der Waals surface area contributed by atoms with Gasteiger partial charge in [-0.25, -0.2) is 8.42 Å². The summed E-state index contributed by atoms with van der Waals surface area (Å²) in [6.45, 7) is 7.13. The molecule has 0 bridgehead atoms. The molecule has 0 aliphatic heterocycles. The van der Waals surface area contributed by atoms with Crippen LogP contribution in [0.2, 0.25) is 0 Å². The number of benzene rings is 2. The molecular formula is C21H28N2O4S. The van der Waals surface area contributed by atoms with E-state index in [2.05, 4.69) is 5.32 Å². The van der Waals surface area contributed by atoms with Crippen LogP contribution in [-0.4, -0.2) is 38.3 Å². The zero-order valence-electron chi connectivity index (χ0n) is 16.6. The number of nitrogens with one attached hydrogen (secondary N) is 1. The van der Waals surface area contributed by atoms with Gasteiger partial charge in [-0.05, 0) is 50.1 Å². The summed E-state index contributed by atoms with van der Waals surface area (Å²) < 4.78 is 32.9. The van der Waals surface area contributed by atoms with Crippen molar-refractivity contribution < 1.29 is 17.9 Å². The van der Waals surface area contributed by atoms with Gasteiger partial charge in [0.1, 0.15) is 5.75 Å². The molecular weight excluding hydrogens is 376 g/mol. The summed E-state index contributed by atoms with van der Waals surface area (Å²) in [7, 11) is -3.64. The van der Waals surface area contributed by atoms with Gasteiger partial charge in [0.2, 0.25) is 10.0 Å². The Morgan fingerprint density at radius 2 is 1.68 bits per heavy atom. The molecule has 0 saturated heterocycles. The zero-order chi connectivity index (χ0) is 20.6. The average Bonchev–Trinajstić information content (AvgIpc) is 2.69. The monoisotopic (exact) mass is 404 g/mol. The van der Waals surface area contributed by atoms with E-state index in [1.54, 1.807) is 30.3 Å². The molecule has 2 aromatic carbocycles. The minimum Gasteiger partial charge on any atom is -0.492 e. The van der Waals surface area contributed by atoms with Gasteiger partial charge in [0.05, 0.1) is 17.2 Å². The maximum Gasteiger partial charge on any atom is 0.255 e. The van der Waals surface area contributed by atoms with E-state index in [1.807, 2.05) is 26.8 Å². The van der Waals surface area contributed by atoms with Crippen molar-refractivity contribution in [3.63, 3.8) is 0 Å². The molecule has 0 radical (unpaired) electrons. The maximum atomic E-state index is 13.0. The van der Waals surface area contributed by atoms with Gasteiger partial charge in [-0.3, -0.25) is 4.79 Å². The number of anilines is 1. The highest BCUT2D eigenvalue weighted by molar-refractivity contribution is 7.89. The minimum absolute atomic E-state index is 0.125. The first kappa shape index (κ1) is 21.9. The summed E-state index contributed by atoms with van der Waals surface area (Å²) in [5.41, 5.74) is 0.821. The number of hydrogen-bond acceptors (Lipinski definition) is 4. The fourth-order valence-electron chi connectivity index (χ4n) is 2.84. The number of rotatable bonds is 10. The summed E-state index contributed by atoms with van der Waals surface area (Å²) in [4.78, 5) is 12.8. The van der Waals surface area contributed by atoms with Crippen molar-refractivity contribution in [2.45, 2.75) is 38.5 Å². The molecule has 0 heterocycles. The molecule has 152 valence electrons. The molecule has 0 unspecified atom stereocenters. The Morgan fingerprint density at radius 3 is 2.32 bits per heavy atom. The molecule has 0 aliphatic rings. The number of carbonyl (C=O) groups excluding carboxylic acids is 1. The zero-order valence-corrected chi connectivity index (χ0v) is 17.5. The summed E-state index contributed by atoms with van der Waals surface area (Å²) in [5.74, 6) is 0.181. The van der Waals surface area contributed by atoms with Crippen LogP contribution in [0.15, 0.2) is 53.4 Å². The van der Waals surface area contributed by atoms with Crippen LogP contribution in [0.3, 0.4) is 0 Å². The van der Waals surface area contributed by atoms with Crippen LogP contribution in [0.5, 0.6) is 5.75 Å². The maximum absolute atomic E-state index is 13.0. The number of sulfonamides is 1. The number of nitrogens with zero attached hydrogens (tertiary/aromatic N) is 1. The van der Waals surface area contributed by atoms with Crippen molar-refractivity contribution in [1.82, 2.24) is 4.31 Å². The molecule has 1 amide bonds. The molecule has 0 saturated carbocycles. The number of amides is 1. The Kier molecular flexibility index (Phi) is 8.02. The Hall–Kier alpha value is -2.38. The third-order valence-electron chi connectivity index (χ3n) is 4.12. The number of para-hydroxylation sites is 2. The lowest BCUT2D eigenvalue weighted by molar-refractivity contribution is 0.102. The minimum atomic E-state index is -3.64. The molecule has 2 aromatic rings. The molecule has 6 nitrogen and oxygen atoms in total. The molecule has 0 aliphatic carbocycles. The van der Waals surface area contributed by atoms with Gasteiger partial charge in [-0.15, -0.1) is 0 Å². The van der Waals surface area contributed by atoms with Crippen molar-refractivity contribution in [1.29, 1.82) is 0 Å². The van der Waals surface area contributed by atoms with Gasteiger partial charge >= 0.3 is 0 Å². The second-order valence-corrected chi connectivity index (χ2v) is 8.25. The van der Waals surface area contributed by atoms with E-state index in [0.29, 0.717) is 31.1 Å². The van der Waals surface area contributed by atoms with Crippen molar-refractivity contribution in [3.8, 4) is 5.75 Å². The molecule has 0 spiro atoms. The average molecular weight is 405 g/mol. The normalized spacial score (nSPS) is 11.4. The van der Waals surface area contributed by atoms with Crippen LogP contribution < -0.4 is 10.1 Å². The summed E-state index contributed by atoms with van der Waals surface area (Å²) >= 11 is 0. The highest BCUT2D eigenvalue weighted by Crippen LogP contribution is 2.25. The molecule has 28 heavy (non-hydrogen) atoms. The number of ether oxygens (including phenoxy) is 1. The summed E-state index contributed by atoms with van der Waals surface area (Å²) in [6, 6.07) is 13.3. The highest BCUT2D eigenvalue weighted by atomic mass is 32.2. The Balaban J connectivity index is 2.28. The lowest BCUT2D eigenvalue weighted by atomic mass is 10.2. The number of hydrogen-bond donors (Lipinski definition) is 1. The Bertz CT molecular complexity index is 891. The predicted octanol–water partition coefficient (Wildman–Crippen LogP) is 4.15. The SMILES string of the molecule is CCCN(CCC)S(=O)(=O)c1cccc(C(=O)Nc2ccccc2OCC)c1. The van der Waals surface area contributed by atoms with Gasteiger partial charge < -0.3 is 10.1 Å². The lowest BCUT2D eigenvalue weighted by Gasteiger charge is -2.21. The van der Waals surface area contributed by atoms with E-state index in [9.17, 15) is 13.2 Å². The lowest BCUT2D eigenvalue weighted by Crippen LogP contribution is -2.32. The van der Waals surface area contributed by atoms with E-state index in [0.717, 1.165) is 12.8 Å². The topological polar surface area (TPSA) is 75.7 Å². The van der Waals surface area contributed by atoms with Crippen LogP contribution in [0, 0.1) is 0 Å². The van der Waals surface area contributed by atoms with Crippen molar-refractivity contribution in [2.75, 3.05) is 25.0 Å². The van der Waals surface area contributed by atoms with E-state index in [4.69, 9.17) is 4.74 Å². The molecule has 2 rings (SSSR count). The first-order valence-corrected chi connectivity index (χ1v) is 11.0. The van der Waals surface area contributed by atoms with Crippen molar-refractivity contribution in [2.24, 2.45) is 0 Å². The quantitative estimate of drug-likeness (QED) is 0.645.